The number of rotatable bonds is 4. The second-order valence-electron chi connectivity index (χ2n) is 7.13. The molecule has 0 amide bonds. The zero-order valence-corrected chi connectivity index (χ0v) is 16.3. The standard InChI is InChI=1S/C19H19FN8O2/c1-25-16-15(10-23-25)17(22-11-21-16)27-8-6-26(7-9-27)12-28-19(29)30-18(24-28)13-2-4-14(20)5-3-13/h2-5,10-11H,6-9,12H2,1H3. The molecule has 10 nitrogen and oxygen atoms in total. The molecule has 3 aromatic heterocycles. The SMILES string of the molecule is Cn1ncc2c(N3CCN(Cn4nc(-c5ccc(F)cc5)oc4=O)CC3)ncnc21. The van der Waals surface area contributed by atoms with Gasteiger partial charge in [0, 0.05) is 38.8 Å². The summed E-state index contributed by atoms with van der Waals surface area (Å²) in [5.74, 6) is 0.152. The van der Waals surface area contributed by atoms with E-state index in [0.717, 1.165) is 43.0 Å². The molecule has 0 radical (unpaired) electrons. The average molecular weight is 410 g/mol. The van der Waals surface area contributed by atoms with Crippen LogP contribution < -0.4 is 10.7 Å². The summed E-state index contributed by atoms with van der Waals surface area (Å²) in [6.07, 6.45) is 3.33. The number of hydrogen-bond donors (Lipinski definition) is 0. The second-order valence-corrected chi connectivity index (χ2v) is 7.13. The van der Waals surface area contributed by atoms with E-state index < -0.39 is 5.76 Å². The Kier molecular flexibility index (Phi) is 4.51. The fraction of sp³-hybridized carbons (Fsp3) is 0.316. The van der Waals surface area contributed by atoms with Gasteiger partial charge in [0.1, 0.15) is 24.6 Å². The van der Waals surface area contributed by atoms with E-state index in [0.29, 0.717) is 12.2 Å². The third-order valence-electron chi connectivity index (χ3n) is 5.21. The third kappa shape index (κ3) is 3.32. The van der Waals surface area contributed by atoms with Crippen molar-refractivity contribution in [1.29, 1.82) is 0 Å². The van der Waals surface area contributed by atoms with Crippen molar-refractivity contribution in [2.45, 2.75) is 6.67 Å². The first-order valence-electron chi connectivity index (χ1n) is 9.52. The Labute approximate surface area is 170 Å². The lowest BCUT2D eigenvalue weighted by Gasteiger charge is -2.35. The van der Waals surface area contributed by atoms with Crippen molar-refractivity contribution in [3.63, 3.8) is 0 Å². The van der Waals surface area contributed by atoms with Crippen LogP contribution in [0.3, 0.4) is 0 Å². The van der Waals surface area contributed by atoms with E-state index in [9.17, 15) is 9.18 Å². The van der Waals surface area contributed by atoms with Gasteiger partial charge >= 0.3 is 5.76 Å². The van der Waals surface area contributed by atoms with Gasteiger partial charge in [0.25, 0.3) is 0 Å². The molecule has 0 bridgehead atoms. The van der Waals surface area contributed by atoms with Crippen LogP contribution in [0.1, 0.15) is 0 Å². The number of piperazine rings is 1. The Morgan fingerprint density at radius 1 is 1.10 bits per heavy atom. The number of aromatic nitrogens is 6. The van der Waals surface area contributed by atoms with Crippen LogP contribution in [0.15, 0.2) is 46.0 Å². The smallest absolute Gasteiger partial charge is 0.388 e. The molecule has 0 spiro atoms. The Bertz CT molecular complexity index is 1240. The molecule has 0 aliphatic carbocycles. The molecule has 11 heteroatoms. The molecular weight excluding hydrogens is 391 g/mol. The number of aryl methyl sites for hydroxylation is 1. The summed E-state index contributed by atoms with van der Waals surface area (Å²) in [5.41, 5.74) is 1.35. The van der Waals surface area contributed by atoms with Gasteiger partial charge in [-0.15, -0.1) is 5.10 Å². The highest BCUT2D eigenvalue weighted by atomic mass is 19.1. The van der Waals surface area contributed by atoms with Crippen LogP contribution in [0.4, 0.5) is 10.2 Å². The zero-order valence-electron chi connectivity index (χ0n) is 16.3. The van der Waals surface area contributed by atoms with Crippen LogP contribution in [0.2, 0.25) is 0 Å². The maximum atomic E-state index is 13.1. The van der Waals surface area contributed by atoms with Crippen LogP contribution in [0, 0.1) is 5.82 Å². The Morgan fingerprint density at radius 2 is 1.87 bits per heavy atom. The van der Waals surface area contributed by atoms with E-state index in [1.807, 2.05) is 7.05 Å². The lowest BCUT2D eigenvalue weighted by atomic mass is 10.2. The van der Waals surface area contributed by atoms with E-state index in [2.05, 4.69) is 30.0 Å². The average Bonchev–Trinajstić information content (AvgIpc) is 3.32. The fourth-order valence-electron chi connectivity index (χ4n) is 3.60. The summed E-state index contributed by atoms with van der Waals surface area (Å²) in [6, 6.07) is 5.68. The van der Waals surface area contributed by atoms with E-state index in [-0.39, 0.29) is 11.7 Å². The highest BCUT2D eigenvalue weighted by molar-refractivity contribution is 5.86. The van der Waals surface area contributed by atoms with Crippen LogP contribution >= 0.6 is 0 Å². The maximum absolute atomic E-state index is 13.1. The molecule has 4 aromatic rings. The first-order chi connectivity index (χ1) is 14.6. The molecule has 0 N–H and O–H groups in total. The van der Waals surface area contributed by atoms with Crippen LogP contribution in [0.25, 0.3) is 22.5 Å². The van der Waals surface area contributed by atoms with Crippen molar-refractivity contribution < 1.29 is 8.81 Å². The first kappa shape index (κ1) is 18.4. The molecule has 1 aromatic carbocycles. The summed E-state index contributed by atoms with van der Waals surface area (Å²) >= 11 is 0. The van der Waals surface area contributed by atoms with Crippen LogP contribution in [-0.4, -0.2) is 60.6 Å². The van der Waals surface area contributed by atoms with E-state index >= 15 is 0 Å². The number of anilines is 1. The van der Waals surface area contributed by atoms with Crippen molar-refractivity contribution in [2.75, 3.05) is 31.1 Å². The quantitative estimate of drug-likeness (QED) is 0.493. The van der Waals surface area contributed by atoms with Gasteiger partial charge in [-0.1, -0.05) is 0 Å². The highest BCUT2D eigenvalue weighted by Crippen LogP contribution is 2.23. The molecule has 30 heavy (non-hydrogen) atoms. The highest BCUT2D eigenvalue weighted by Gasteiger charge is 2.22. The summed E-state index contributed by atoms with van der Waals surface area (Å²) < 4.78 is 21.3. The molecule has 5 rings (SSSR count). The molecule has 1 fully saturated rings. The van der Waals surface area contributed by atoms with Crippen molar-refractivity contribution >= 4 is 16.9 Å². The molecule has 0 unspecified atom stereocenters. The monoisotopic (exact) mass is 410 g/mol. The van der Waals surface area contributed by atoms with Crippen molar-refractivity contribution in [3.8, 4) is 11.5 Å². The lowest BCUT2D eigenvalue weighted by molar-refractivity contribution is 0.189. The predicted octanol–water partition coefficient (Wildman–Crippen LogP) is 1.10. The summed E-state index contributed by atoms with van der Waals surface area (Å²) in [7, 11) is 1.85. The van der Waals surface area contributed by atoms with E-state index in [1.165, 1.54) is 28.9 Å². The lowest BCUT2D eigenvalue weighted by Crippen LogP contribution is -2.48. The second kappa shape index (κ2) is 7.34. The molecule has 0 saturated carbocycles. The van der Waals surface area contributed by atoms with Gasteiger partial charge in [-0.2, -0.15) is 9.78 Å². The van der Waals surface area contributed by atoms with Gasteiger partial charge in [0.05, 0.1) is 11.6 Å². The number of nitrogens with zero attached hydrogens (tertiary/aromatic N) is 8. The van der Waals surface area contributed by atoms with Gasteiger partial charge in [0.15, 0.2) is 5.65 Å². The largest absolute Gasteiger partial charge is 0.438 e. The van der Waals surface area contributed by atoms with Crippen LogP contribution in [0.5, 0.6) is 0 Å². The minimum atomic E-state index is -0.537. The zero-order chi connectivity index (χ0) is 20.7. The van der Waals surface area contributed by atoms with Gasteiger partial charge in [-0.05, 0) is 24.3 Å². The molecule has 154 valence electrons. The topological polar surface area (TPSA) is 98.1 Å². The van der Waals surface area contributed by atoms with E-state index in [1.54, 1.807) is 17.2 Å². The minimum Gasteiger partial charge on any atom is -0.388 e. The Hall–Kier alpha value is -3.60. The predicted molar refractivity (Wildman–Crippen MR) is 106 cm³/mol. The van der Waals surface area contributed by atoms with Crippen LogP contribution in [-0.2, 0) is 13.7 Å². The van der Waals surface area contributed by atoms with Gasteiger partial charge in [-0.3, -0.25) is 9.58 Å². The first-order valence-corrected chi connectivity index (χ1v) is 9.52. The normalized spacial score (nSPS) is 15.2. The van der Waals surface area contributed by atoms with Gasteiger partial charge in [-0.25, -0.2) is 19.2 Å². The number of fused-ring (bicyclic) bond motifs is 1. The maximum Gasteiger partial charge on any atom is 0.438 e. The third-order valence-corrected chi connectivity index (χ3v) is 5.21. The Balaban J connectivity index is 1.27. The summed E-state index contributed by atoms with van der Waals surface area (Å²) in [4.78, 5) is 25.2. The van der Waals surface area contributed by atoms with Crippen molar-refractivity contribution in [2.24, 2.45) is 7.05 Å². The number of halogens is 1. The summed E-state index contributed by atoms with van der Waals surface area (Å²) in [6.45, 7) is 3.29. The number of benzene rings is 1. The molecule has 1 aliphatic heterocycles. The van der Waals surface area contributed by atoms with Crippen molar-refractivity contribution in [3.05, 3.63) is 53.2 Å². The Morgan fingerprint density at radius 3 is 2.63 bits per heavy atom. The molecule has 1 aliphatic rings. The summed E-state index contributed by atoms with van der Waals surface area (Å²) in [5, 5.41) is 9.44. The molecule has 0 atom stereocenters. The number of hydrogen-bond acceptors (Lipinski definition) is 8. The van der Waals surface area contributed by atoms with Gasteiger partial charge < -0.3 is 9.32 Å². The molecular formula is C19H19FN8O2. The minimum absolute atomic E-state index is 0.179. The molecule has 1 saturated heterocycles. The molecule has 4 heterocycles. The van der Waals surface area contributed by atoms with E-state index in [4.69, 9.17) is 4.42 Å². The van der Waals surface area contributed by atoms with Crippen molar-refractivity contribution in [1.82, 2.24) is 34.4 Å². The fourth-order valence-corrected chi connectivity index (χ4v) is 3.60. The van der Waals surface area contributed by atoms with Gasteiger partial charge in [0.2, 0.25) is 5.89 Å².